The molecule has 0 saturated carbocycles. The number of hydrogen-bond acceptors (Lipinski definition) is 5. The van der Waals surface area contributed by atoms with Crippen molar-refractivity contribution in [2.75, 3.05) is 47.2 Å². The normalized spacial score (nSPS) is 10.6. The molecule has 0 spiro atoms. The van der Waals surface area contributed by atoms with Crippen molar-refractivity contribution >= 4 is 0 Å². The molecule has 0 fully saturated rings. The van der Waals surface area contributed by atoms with Crippen molar-refractivity contribution in [2.24, 2.45) is 5.73 Å². The Balaban J connectivity index is 2.37. The summed E-state index contributed by atoms with van der Waals surface area (Å²) in [5.74, 6) is 1.63. The van der Waals surface area contributed by atoms with Crippen LogP contribution < -0.4 is 15.2 Å². The number of methoxy groups -OCH3 is 2. The first-order valence-corrected chi connectivity index (χ1v) is 6.88. The van der Waals surface area contributed by atoms with Gasteiger partial charge in [-0.3, -0.25) is 0 Å². The van der Waals surface area contributed by atoms with Gasteiger partial charge < -0.3 is 24.7 Å². The Labute approximate surface area is 121 Å². The molecule has 0 aliphatic heterocycles. The van der Waals surface area contributed by atoms with E-state index in [1.54, 1.807) is 14.2 Å². The summed E-state index contributed by atoms with van der Waals surface area (Å²) in [6, 6.07) is 5.82. The number of rotatable bonds is 11. The summed E-state index contributed by atoms with van der Waals surface area (Å²) in [5.41, 5.74) is 6.71. The fraction of sp³-hybridized carbons (Fsp3) is 0.600. The molecule has 0 unspecified atom stereocenters. The van der Waals surface area contributed by atoms with Crippen LogP contribution in [0, 0.1) is 0 Å². The standard InChI is InChI=1S/C15H25NO4/c1-17-10-11-19-8-3-9-20-15-12-14(18-2)5-4-13(15)6-7-16/h4-5,12H,3,6-11,16H2,1-2H3. The van der Waals surface area contributed by atoms with Crippen LogP contribution in [0.15, 0.2) is 18.2 Å². The largest absolute Gasteiger partial charge is 0.497 e. The van der Waals surface area contributed by atoms with Gasteiger partial charge in [0.25, 0.3) is 0 Å². The highest BCUT2D eigenvalue weighted by Crippen LogP contribution is 2.25. The maximum absolute atomic E-state index is 5.79. The third-order valence-electron chi connectivity index (χ3n) is 2.81. The maximum atomic E-state index is 5.79. The predicted molar refractivity (Wildman–Crippen MR) is 78.6 cm³/mol. The van der Waals surface area contributed by atoms with Crippen LogP contribution in [0.4, 0.5) is 0 Å². The quantitative estimate of drug-likeness (QED) is 0.625. The second kappa shape index (κ2) is 10.5. The van der Waals surface area contributed by atoms with Crippen molar-refractivity contribution < 1.29 is 18.9 Å². The first kappa shape index (κ1) is 16.8. The van der Waals surface area contributed by atoms with E-state index in [1.165, 1.54) is 0 Å². The fourth-order valence-corrected chi connectivity index (χ4v) is 1.75. The third-order valence-corrected chi connectivity index (χ3v) is 2.81. The molecule has 114 valence electrons. The predicted octanol–water partition coefficient (Wildman–Crippen LogP) is 1.63. The molecule has 5 nitrogen and oxygen atoms in total. The van der Waals surface area contributed by atoms with Crippen molar-refractivity contribution in [3.05, 3.63) is 23.8 Å². The van der Waals surface area contributed by atoms with Crippen molar-refractivity contribution in [2.45, 2.75) is 12.8 Å². The number of hydrogen-bond donors (Lipinski definition) is 1. The van der Waals surface area contributed by atoms with Crippen molar-refractivity contribution in [1.82, 2.24) is 0 Å². The lowest BCUT2D eigenvalue weighted by Gasteiger charge is -2.12. The summed E-state index contributed by atoms with van der Waals surface area (Å²) in [5, 5.41) is 0. The average molecular weight is 283 g/mol. The Kier molecular flexibility index (Phi) is 8.78. The minimum absolute atomic E-state index is 0.600. The van der Waals surface area contributed by atoms with E-state index < -0.39 is 0 Å². The van der Waals surface area contributed by atoms with Crippen LogP contribution in [-0.4, -0.2) is 47.2 Å². The van der Waals surface area contributed by atoms with E-state index in [-0.39, 0.29) is 0 Å². The highest BCUT2D eigenvalue weighted by atomic mass is 16.5. The van der Waals surface area contributed by atoms with Crippen molar-refractivity contribution in [3.63, 3.8) is 0 Å². The molecule has 1 rings (SSSR count). The number of nitrogens with two attached hydrogens (primary N) is 1. The Morgan fingerprint density at radius 3 is 2.60 bits per heavy atom. The van der Waals surface area contributed by atoms with Gasteiger partial charge in [0.05, 0.1) is 26.9 Å². The Hall–Kier alpha value is -1.30. The molecule has 0 bridgehead atoms. The number of ether oxygens (including phenoxy) is 4. The highest BCUT2D eigenvalue weighted by molar-refractivity contribution is 5.40. The van der Waals surface area contributed by atoms with E-state index in [0.717, 1.165) is 29.9 Å². The van der Waals surface area contributed by atoms with Crippen LogP contribution >= 0.6 is 0 Å². The molecule has 0 heterocycles. The second-order valence-corrected chi connectivity index (χ2v) is 4.32. The maximum Gasteiger partial charge on any atom is 0.126 e. The van der Waals surface area contributed by atoms with Crippen LogP contribution in [0.2, 0.25) is 0 Å². The van der Waals surface area contributed by atoms with Gasteiger partial charge >= 0.3 is 0 Å². The zero-order chi connectivity index (χ0) is 14.6. The summed E-state index contributed by atoms with van der Waals surface area (Å²) in [6.07, 6.45) is 1.63. The molecule has 1 aromatic carbocycles. The molecule has 5 heteroatoms. The Morgan fingerprint density at radius 1 is 1.05 bits per heavy atom. The Morgan fingerprint density at radius 2 is 1.90 bits per heavy atom. The SMILES string of the molecule is COCCOCCCOc1cc(OC)ccc1CCN. The summed E-state index contributed by atoms with van der Waals surface area (Å²) in [4.78, 5) is 0. The van der Waals surface area contributed by atoms with Gasteiger partial charge in [0, 0.05) is 26.2 Å². The van der Waals surface area contributed by atoms with Crippen molar-refractivity contribution in [1.29, 1.82) is 0 Å². The van der Waals surface area contributed by atoms with E-state index in [1.807, 2.05) is 18.2 Å². The first-order valence-electron chi connectivity index (χ1n) is 6.88. The lowest BCUT2D eigenvalue weighted by Crippen LogP contribution is -2.09. The van der Waals surface area contributed by atoms with Gasteiger partial charge in [-0.15, -0.1) is 0 Å². The summed E-state index contributed by atoms with van der Waals surface area (Å²) in [6.45, 7) is 3.12. The molecule has 0 atom stereocenters. The molecule has 0 aliphatic rings. The zero-order valence-corrected chi connectivity index (χ0v) is 12.4. The van der Waals surface area contributed by atoms with Gasteiger partial charge in [0.15, 0.2) is 0 Å². The van der Waals surface area contributed by atoms with E-state index >= 15 is 0 Å². The van der Waals surface area contributed by atoms with E-state index in [0.29, 0.717) is 33.0 Å². The molecular formula is C15H25NO4. The van der Waals surface area contributed by atoms with Crippen LogP contribution in [0.3, 0.4) is 0 Å². The Bertz CT molecular complexity index is 371. The minimum Gasteiger partial charge on any atom is -0.497 e. The summed E-state index contributed by atoms with van der Waals surface area (Å²) >= 11 is 0. The summed E-state index contributed by atoms with van der Waals surface area (Å²) < 4.78 is 21.3. The van der Waals surface area contributed by atoms with E-state index in [9.17, 15) is 0 Å². The van der Waals surface area contributed by atoms with Gasteiger partial charge in [-0.2, -0.15) is 0 Å². The van der Waals surface area contributed by atoms with Crippen LogP contribution in [0.1, 0.15) is 12.0 Å². The van der Waals surface area contributed by atoms with Gasteiger partial charge in [0.1, 0.15) is 11.5 Å². The molecule has 1 aromatic rings. The second-order valence-electron chi connectivity index (χ2n) is 4.32. The summed E-state index contributed by atoms with van der Waals surface area (Å²) in [7, 11) is 3.31. The van der Waals surface area contributed by atoms with E-state index in [2.05, 4.69) is 0 Å². The molecule has 0 aromatic heterocycles. The highest BCUT2D eigenvalue weighted by Gasteiger charge is 2.05. The molecule has 0 saturated heterocycles. The molecule has 0 amide bonds. The van der Waals surface area contributed by atoms with Crippen LogP contribution in [-0.2, 0) is 15.9 Å². The first-order chi connectivity index (χ1) is 9.81. The van der Waals surface area contributed by atoms with Crippen molar-refractivity contribution in [3.8, 4) is 11.5 Å². The monoisotopic (exact) mass is 283 g/mol. The lowest BCUT2D eigenvalue weighted by molar-refractivity contribution is 0.0644. The molecule has 20 heavy (non-hydrogen) atoms. The molecule has 2 N–H and O–H groups in total. The molecular weight excluding hydrogens is 258 g/mol. The van der Waals surface area contributed by atoms with Gasteiger partial charge in [-0.05, 0) is 24.6 Å². The number of benzene rings is 1. The average Bonchev–Trinajstić information content (AvgIpc) is 2.48. The molecule has 0 aliphatic carbocycles. The van der Waals surface area contributed by atoms with Gasteiger partial charge in [-0.25, -0.2) is 0 Å². The smallest absolute Gasteiger partial charge is 0.126 e. The minimum atomic E-state index is 0.600. The molecule has 0 radical (unpaired) electrons. The third kappa shape index (κ3) is 6.23. The topological polar surface area (TPSA) is 62.9 Å². The van der Waals surface area contributed by atoms with Crippen LogP contribution in [0.25, 0.3) is 0 Å². The van der Waals surface area contributed by atoms with Crippen LogP contribution in [0.5, 0.6) is 11.5 Å². The van der Waals surface area contributed by atoms with Gasteiger partial charge in [-0.1, -0.05) is 6.07 Å². The fourth-order valence-electron chi connectivity index (χ4n) is 1.75. The lowest BCUT2D eigenvalue weighted by atomic mass is 10.1. The van der Waals surface area contributed by atoms with E-state index in [4.69, 9.17) is 24.7 Å². The zero-order valence-electron chi connectivity index (χ0n) is 12.4. The van der Waals surface area contributed by atoms with Gasteiger partial charge in [0.2, 0.25) is 0 Å².